The number of fused-ring (bicyclic) bond motifs is 1. The lowest BCUT2D eigenvalue weighted by Gasteiger charge is -2.32. The second-order valence-electron chi connectivity index (χ2n) is 7.46. The van der Waals surface area contributed by atoms with Crippen molar-refractivity contribution in [1.82, 2.24) is 14.4 Å². The van der Waals surface area contributed by atoms with E-state index in [0.29, 0.717) is 6.54 Å². The molecule has 0 unspecified atom stereocenters. The highest BCUT2D eigenvalue weighted by molar-refractivity contribution is 5.93. The van der Waals surface area contributed by atoms with E-state index in [0.717, 1.165) is 38.3 Å². The molecule has 4 heterocycles. The molecule has 3 aliphatic heterocycles. The maximum atomic E-state index is 13.0. The van der Waals surface area contributed by atoms with Gasteiger partial charge in [-0.3, -0.25) is 4.79 Å². The molecule has 25 heavy (non-hydrogen) atoms. The Morgan fingerprint density at radius 2 is 2.16 bits per heavy atom. The number of aromatic nitrogens is 1. The highest BCUT2D eigenvalue weighted by atomic mass is 16.5. The van der Waals surface area contributed by atoms with Crippen LogP contribution in [0.1, 0.15) is 36.2 Å². The Hall–Kier alpha value is -1.37. The van der Waals surface area contributed by atoms with Crippen LogP contribution in [0.15, 0.2) is 18.3 Å². The first-order valence-electron chi connectivity index (χ1n) is 9.62. The van der Waals surface area contributed by atoms with Crippen molar-refractivity contribution in [3.05, 3.63) is 24.0 Å². The smallest absolute Gasteiger partial charge is 0.270 e. The number of aryl methyl sites for hydroxylation is 1. The number of hydrogen-bond donors (Lipinski definition) is 0. The summed E-state index contributed by atoms with van der Waals surface area (Å²) in [4.78, 5) is 17.4. The van der Waals surface area contributed by atoms with Crippen molar-refractivity contribution in [3.63, 3.8) is 0 Å². The third kappa shape index (κ3) is 3.48. The SMILES string of the molecule is Cn1cccc1C(=O)N1C[C@@H](OCCN2CCCC2)[C@@H]2OCCC[C@@H]21. The Balaban J connectivity index is 1.40. The van der Waals surface area contributed by atoms with Gasteiger partial charge in [-0.25, -0.2) is 0 Å². The van der Waals surface area contributed by atoms with E-state index in [1.54, 1.807) is 0 Å². The van der Waals surface area contributed by atoms with Crippen LogP contribution < -0.4 is 0 Å². The lowest BCUT2D eigenvalue weighted by molar-refractivity contribution is -0.0782. The largest absolute Gasteiger partial charge is 0.373 e. The van der Waals surface area contributed by atoms with Crippen LogP contribution in [0.5, 0.6) is 0 Å². The van der Waals surface area contributed by atoms with E-state index in [1.165, 1.54) is 25.9 Å². The molecule has 0 saturated carbocycles. The van der Waals surface area contributed by atoms with Crippen LogP contribution in [-0.2, 0) is 16.5 Å². The number of hydrogen-bond acceptors (Lipinski definition) is 4. The summed E-state index contributed by atoms with van der Waals surface area (Å²) in [6.45, 7) is 5.51. The maximum absolute atomic E-state index is 13.0. The van der Waals surface area contributed by atoms with Crippen LogP contribution >= 0.6 is 0 Å². The van der Waals surface area contributed by atoms with Crippen LogP contribution in [0, 0.1) is 0 Å². The van der Waals surface area contributed by atoms with Crippen molar-refractivity contribution in [1.29, 1.82) is 0 Å². The third-order valence-electron chi connectivity index (χ3n) is 5.84. The van der Waals surface area contributed by atoms with Gasteiger partial charge in [-0.1, -0.05) is 0 Å². The summed E-state index contributed by atoms with van der Waals surface area (Å²) < 4.78 is 14.1. The van der Waals surface area contributed by atoms with Gasteiger partial charge in [-0.05, 0) is 50.9 Å². The minimum atomic E-state index is -0.00267. The van der Waals surface area contributed by atoms with Gasteiger partial charge >= 0.3 is 0 Å². The fraction of sp³-hybridized carbons (Fsp3) is 0.737. The van der Waals surface area contributed by atoms with Crippen molar-refractivity contribution in [2.45, 2.75) is 43.9 Å². The van der Waals surface area contributed by atoms with Crippen molar-refractivity contribution >= 4 is 5.91 Å². The Morgan fingerprint density at radius 1 is 1.32 bits per heavy atom. The first kappa shape index (κ1) is 17.1. The molecule has 0 bridgehead atoms. The van der Waals surface area contributed by atoms with E-state index in [-0.39, 0.29) is 24.2 Å². The molecule has 0 aromatic carbocycles. The summed E-state index contributed by atoms with van der Waals surface area (Å²) in [7, 11) is 1.92. The zero-order valence-corrected chi connectivity index (χ0v) is 15.1. The van der Waals surface area contributed by atoms with Crippen molar-refractivity contribution in [2.75, 3.05) is 39.4 Å². The Bertz CT molecular complexity index is 596. The first-order valence-corrected chi connectivity index (χ1v) is 9.62. The average molecular weight is 347 g/mol. The Kier molecular flexibility index (Phi) is 5.10. The molecular formula is C19H29N3O3. The molecule has 0 spiro atoms. The van der Waals surface area contributed by atoms with Crippen molar-refractivity contribution in [3.8, 4) is 0 Å². The summed E-state index contributed by atoms with van der Waals surface area (Å²) in [5, 5.41) is 0. The van der Waals surface area contributed by atoms with Crippen molar-refractivity contribution in [2.24, 2.45) is 7.05 Å². The zero-order valence-electron chi connectivity index (χ0n) is 15.1. The molecule has 4 rings (SSSR count). The fourth-order valence-electron chi connectivity index (χ4n) is 4.46. The summed E-state index contributed by atoms with van der Waals surface area (Å²) >= 11 is 0. The van der Waals surface area contributed by atoms with Crippen molar-refractivity contribution < 1.29 is 14.3 Å². The van der Waals surface area contributed by atoms with E-state index in [2.05, 4.69) is 4.90 Å². The first-order chi connectivity index (χ1) is 12.2. The van der Waals surface area contributed by atoms with Gasteiger partial charge in [-0.2, -0.15) is 0 Å². The molecule has 3 fully saturated rings. The monoisotopic (exact) mass is 347 g/mol. The number of carbonyl (C=O) groups excluding carboxylic acids is 1. The number of ether oxygens (including phenoxy) is 2. The van der Waals surface area contributed by atoms with Gasteiger partial charge in [0.25, 0.3) is 5.91 Å². The van der Waals surface area contributed by atoms with Gasteiger partial charge in [0.05, 0.1) is 19.2 Å². The second kappa shape index (κ2) is 7.48. The molecule has 1 aromatic heterocycles. The number of nitrogens with zero attached hydrogens (tertiary/aromatic N) is 3. The number of rotatable bonds is 5. The van der Waals surface area contributed by atoms with Gasteiger partial charge in [0, 0.05) is 26.4 Å². The quantitative estimate of drug-likeness (QED) is 0.810. The minimum absolute atomic E-state index is 0.00267. The molecule has 6 heteroatoms. The van der Waals surface area contributed by atoms with Gasteiger partial charge in [-0.15, -0.1) is 0 Å². The Morgan fingerprint density at radius 3 is 2.92 bits per heavy atom. The van der Waals surface area contributed by atoms with Gasteiger partial charge < -0.3 is 23.8 Å². The summed E-state index contributed by atoms with van der Waals surface area (Å²) in [5.74, 6) is 0.0960. The van der Waals surface area contributed by atoms with E-state index in [4.69, 9.17) is 9.47 Å². The molecule has 3 saturated heterocycles. The van der Waals surface area contributed by atoms with Gasteiger partial charge in [0.1, 0.15) is 17.9 Å². The summed E-state index contributed by atoms with van der Waals surface area (Å²) in [6, 6.07) is 3.96. The van der Waals surface area contributed by atoms with Crippen LogP contribution in [-0.4, -0.2) is 77.9 Å². The van der Waals surface area contributed by atoms with Gasteiger partial charge in [0.2, 0.25) is 0 Å². The average Bonchev–Trinajstić information content (AvgIpc) is 3.35. The molecule has 138 valence electrons. The third-order valence-corrected chi connectivity index (χ3v) is 5.84. The van der Waals surface area contributed by atoms with E-state index in [1.807, 2.05) is 34.8 Å². The summed E-state index contributed by atoms with van der Waals surface area (Å²) in [6.07, 6.45) is 6.56. The van der Waals surface area contributed by atoms with Crippen LogP contribution in [0.25, 0.3) is 0 Å². The lowest BCUT2D eigenvalue weighted by atomic mass is 10.0. The number of likely N-dealkylation sites (tertiary alicyclic amines) is 2. The number of carbonyl (C=O) groups is 1. The minimum Gasteiger partial charge on any atom is -0.373 e. The molecular weight excluding hydrogens is 318 g/mol. The molecule has 3 atom stereocenters. The predicted molar refractivity (Wildman–Crippen MR) is 94.6 cm³/mol. The molecule has 1 aromatic rings. The predicted octanol–water partition coefficient (Wildman–Crippen LogP) is 1.51. The Labute approximate surface area is 149 Å². The molecule has 1 amide bonds. The highest BCUT2D eigenvalue weighted by Crippen LogP contribution is 2.31. The molecule has 0 radical (unpaired) electrons. The lowest BCUT2D eigenvalue weighted by Crippen LogP contribution is -2.44. The normalized spacial score (nSPS) is 30.0. The van der Waals surface area contributed by atoms with E-state index < -0.39 is 0 Å². The van der Waals surface area contributed by atoms with Gasteiger partial charge in [0.15, 0.2) is 0 Å². The highest BCUT2D eigenvalue weighted by Gasteiger charge is 2.47. The molecule has 0 N–H and O–H groups in total. The standard InChI is InChI=1S/C19H29N3O3/c1-20-8-4-6-16(20)19(23)22-14-17(18-15(22)7-5-12-25-18)24-13-11-21-9-2-3-10-21/h4,6,8,15,17-18H,2-3,5,7,9-14H2,1H3/t15-,17+,18+/m0/s1. The molecule has 6 nitrogen and oxygen atoms in total. The topological polar surface area (TPSA) is 46.9 Å². The van der Waals surface area contributed by atoms with Crippen LogP contribution in [0.3, 0.4) is 0 Å². The number of amides is 1. The van der Waals surface area contributed by atoms with E-state index >= 15 is 0 Å². The maximum Gasteiger partial charge on any atom is 0.270 e. The summed E-state index contributed by atoms with van der Waals surface area (Å²) in [5.41, 5.74) is 0.738. The fourth-order valence-corrected chi connectivity index (χ4v) is 4.46. The zero-order chi connectivity index (χ0) is 17.2. The molecule has 0 aliphatic carbocycles. The second-order valence-corrected chi connectivity index (χ2v) is 7.46. The van der Waals surface area contributed by atoms with E-state index in [9.17, 15) is 4.79 Å². The van der Waals surface area contributed by atoms with Crippen LogP contribution in [0.4, 0.5) is 0 Å². The van der Waals surface area contributed by atoms with Crippen LogP contribution in [0.2, 0.25) is 0 Å². The molecule has 3 aliphatic rings.